The first-order chi connectivity index (χ1) is 31.2. The molecule has 3 N–H and O–H groups in total. The first-order valence-corrected chi connectivity index (χ1v) is 24.3. The molecule has 14 nitrogen and oxygen atoms in total. The summed E-state index contributed by atoms with van der Waals surface area (Å²) in [6, 6.07) is -0.931. The van der Waals surface area contributed by atoms with Crippen molar-refractivity contribution in [1.29, 1.82) is 0 Å². The molecule has 0 bridgehead atoms. The summed E-state index contributed by atoms with van der Waals surface area (Å²) in [5, 5.41) is 31.9. The number of ketones is 3. The molecule has 9 unspecified atom stereocenters. The van der Waals surface area contributed by atoms with E-state index in [-0.39, 0.29) is 66.5 Å². The first-order valence-electron chi connectivity index (χ1n) is 24.3. The van der Waals surface area contributed by atoms with Crippen LogP contribution in [0.25, 0.3) is 0 Å². The van der Waals surface area contributed by atoms with Crippen LogP contribution in [0.2, 0.25) is 0 Å². The summed E-state index contributed by atoms with van der Waals surface area (Å²) >= 11 is 0. The standard InChI is InChI=1S/C52H83NO13/c1-31(17-13-12-14-18-32(2)44(62-9)29-40-22-20-33(3)51(60)65-40)25-36(6)47(57)49(64-11)48(58)37(7)26-34(4)43(56)30-45(35(5)27-39-21-23-42(55)46(28-39)63-10)66-52(61)41-19-15-16-24-53(41)50(59)38(8)54/h12-14,17-18,26,31,33-36,39-42,44-46,48-49,51,55,58,60H,15-16,19-25,27-30H2,1-11H3/b14-12+,17-13+,32-18+,37-26+/t31-,33?,34?,35?,36?,39?,40+,41?,42-,44+,45+,46?,48-,49?,51?/m1/s1. The molecule has 3 fully saturated rings. The molecule has 1 saturated carbocycles. The van der Waals surface area contributed by atoms with E-state index in [4.69, 9.17) is 23.7 Å². The minimum Gasteiger partial charge on any atom is -0.460 e. The highest BCUT2D eigenvalue weighted by Crippen LogP contribution is 2.34. The fourth-order valence-electron chi connectivity index (χ4n) is 9.70. The van der Waals surface area contributed by atoms with Crippen LogP contribution in [0.3, 0.4) is 0 Å². The number of hydrogen-bond donors (Lipinski definition) is 3. The molecule has 0 aromatic rings. The maximum absolute atomic E-state index is 14.0. The Labute approximate surface area is 394 Å². The number of methoxy groups -OCH3 is 3. The molecule has 1 aliphatic carbocycles. The fraction of sp³-hybridized carbons (Fsp3) is 0.750. The van der Waals surface area contributed by atoms with Crippen molar-refractivity contribution in [1.82, 2.24) is 4.90 Å². The number of carbonyl (C=O) groups is 5. The van der Waals surface area contributed by atoms with Gasteiger partial charge in [0, 0.05) is 65.4 Å². The molecule has 66 heavy (non-hydrogen) atoms. The summed E-state index contributed by atoms with van der Waals surface area (Å²) in [5.41, 5.74) is 1.44. The molecule has 2 aliphatic heterocycles. The van der Waals surface area contributed by atoms with Crippen LogP contribution in [0.5, 0.6) is 0 Å². The first kappa shape index (κ1) is 57.0. The van der Waals surface area contributed by atoms with Gasteiger partial charge in [0.1, 0.15) is 30.1 Å². The van der Waals surface area contributed by atoms with Crippen LogP contribution < -0.4 is 0 Å². The van der Waals surface area contributed by atoms with Crippen LogP contribution in [0.4, 0.5) is 0 Å². The van der Waals surface area contributed by atoms with Crippen LogP contribution in [0.15, 0.2) is 47.6 Å². The molecule has 3 rings (SSSR count). The summed E-state index contributed by atoms with van der Waals surface area (Å²) in [5.74, 6) is -3.63. The van der Waals surface area contributed by atoms with Crippen molar-refractivity contribution in [3.05, 3.63) is 47.6 Å². The lowest BCUT2D eigenvalue weighted by atomic mass is 9.78. The maximum Gasteiger partial charge on any atom is 0.329 e. The van der Waals surface area contributed by atoms with Gasteiger partial charge in [0.25, 0.3) is 5.91 Å². The van der Waals surface area contributed by atoms with Gasteiger partial charge in [-0.3, -0.25) is 19.2 Å². The number of piperidine rings is 1. The van der Waals surface area contributed by atoms with Gasteiger partial charge < -0.3 is 43.9 Å². The molecular formula is C52H83NO13. The van der Waals surface area contributed by atoms with E-state index in [1.807, 2.05) is 65.0 Å². The Kier molecular flexibility index (Phi) is 24.3. The van der Waals surface area contributed by atoms with Crippen molar-refractivity contribution in [2.75, 3.05) is 27.9 Å². The summed E-state index contributed by atoms with van der Waals surface area (Å²) in [6.45, 7) is 14.6. The number of likely N-dealkylation sites (tertiary alicyclic amines) is 1. The number of Topliss-reactive ketones (excluding diaryl/α,β-unsaturated/α-hetero) is 3. The van der Waals surface area contributed by atoms with E-state index in [2.05, 4.69) is 0 Å². The number of ether oxygens (including phenoxy) is 5. The number of esters is 1. The predicted molar refractivity (Wildman–Crippen MR) is 252 cm³/mol. The number of hydrogen-bond acceptors (Lipinski definition) is 13. The molecular weight excluding hydrogens is 847 g/mol. The smallest absolute Gasteiger partial charge is 0.329 e. The fourth-order valence-corrected chi connectivity index (χ4v) is 9.70. The quantitative estimate of drug-likeness (QED) is 0.0374. The average Bonchev–Trinajstić information content (AvgIpc) is 3.28. The van der Waals surface area contributed by atoms with E-state index in [1.54, 1.807) is 34.1 Å². The highest BCUT2D eigenvalue weighted by Gasteiger charge is 2.39. The SMILES string of the molecule is COC1CC(CC(C)[C@H](CC(=O)C(C)/C=C(\C)[C@@H](O)C(OC)C(=O)C(C)C[C@H](C)/C=C/C=C/C=C(\C)[C@H](C[C@@H]2CCC(C)C(O)O2)OC)OC(=O)C2CCCCN2C(=O)C(C)=O)CC[C@H]1O. The van der Waals surface area contributed by atoms with Crippen LogP contribution in [-0.4, -0.2) is 132 Å². The van der Waals surface area contributed by atoms with Crippen molar-refractivity contribution in [3.63, 3.8) is 0 Å². The maximum atomic E-state index is 14.0. The molecule has 15 atom stereocenters. The van der Waals surface area contributed by atoms with Crippen LogP contribution in [0, 0.1) is 35.5 Å². The van der Waals surface area contributed by atoms with Gasteiger partial charge in [-0.05, 0) is 107 Å². The second-order valence-corrected chi connectivity index (χ2v) is 19.6. The minimum atomic E-state index is -1.31. The number of carbonyl (C=O) groups excluding carboxylic acids is 5. The summed E-state index contributed by atoms with van der Waals surface area (Å²) in [7, 11) is 4.63. The Bertz CT molecular complexity index is 1710. The van der Waals surface area contributed by atoms with Gasteiger partial charge in [0.05, 0.1) is 24.4 Å². The summed E-state index contributed by atoms with van der Waals surface area (Å²) < 4.78 is 28.7. The van der Waals surface area contributed by atoms with E-state index in [1.165, 1.54) is 18.9 Å². The van der Waals surface area contributed by atoms with Crippen molar-refractivity contribution in [3.8, 4) is 0 Å². The lowest BCUT2D eigenvalue weighted by Crippen LogP contribution is -2.51. The van der Waals surface area contributed by atoms with Crippen molar-refractivity contribution < 1.29 is 63.0 Å². The Morgan fingerprint density at radius 2 is 1.56 bits per heavy atom. The molecule has 1 amide bonds. The largest absolute Gasteiger partial charge is 0.460 e. The molecule has 2 heterocycles. The van der Waals surface area contributed by atoms with Gasteiger partial charge in [0.2, 0.25) is 5.78 Å². The van der Waals surface area contributed by atoms with E-state index < -0.39 is 66.2 Å². The third kappa shape index (κ3) is 17.3. The van der Waals surface area contributed by atoms with Gasteiger partial charge >= 0.3 is 5.97 Å². The molecule has 0 aromatic heterocycles. The Balaban J connectivity index is 1.64. The van der Waals surface area contributed by atoms with Crippen LogP contribution in [0.1, 0.15) is 132 Å². The number of allylic oxidation sites excluding steroid dienone is 6. The molecule has 374 valence electrons. The highest BCUT2D eigenvalue weighted by molar-refractivity contribution is 6.35. The lowest BCUT2D eigenvalue weighted by molar-refractivity contribution is -0.195. The molecule has 0 aromatic carbocycles. The van der Waals surface area contributed by atoms with E-state index in [0.29, 0.717) is 56.9 Å². The molecule has 0 radical (unpaired) electrons. The zero-order chi connectivity index (χ0) is 49.2. The molecule has 2 saturated heterocycles. The number of rotatable bonds is 25. The van der Waals surface area contributed by atoms with Gasteiger partial charge in [0.15, 0.2) is 12.1 Å². The number of aliphatic hydroxyl groups excluding tert-OH is 3. The topological polar surface area (TPSA) is 195 Å². The van der Waals surface area contributed by atoms with Gasteiger partial charge in [-0.25, -0.2) is 4.79 Å². The Hall–Kier alpha value is -3.37. The zero-order valence-electron chi connectivity index (χ0n) is 41.7. The van der Waals surface area contributed by atoms with E-state index in [9.17, 15) is 39.3 Å². The number of nitrogens with zero attached hydrogens (tertiary/aromatic N) is 1. The second-order valence-electron chi connectivity index (χ2n) is 19.6. The van der Waals surface area contributed by atoms with Crippen molar-refractivity contribution >= 4 is 29.2 Å². The van der Waals surface area contributed by atoms with Crippen LogP contribution in [-0.2, 0) is 47.7 Å². The summed E-state index contributed by atoms with van der Waals surface area (Å²) in [4.78, 5) is 67.5. The Morgan fingerprint density at radius 3 is 2.20 bits per heavy atom. The average molecular weight is 930 g/mol. The Morgan fingerprint density at radius 1 is 0.848 bits per heavy atom. The van der Waals surface area contributed by atoms with E-state index >= 15 is 0 Å². The van der Waals surface area contributed by atoms with E-state index in [0.717, 1.165) is 24.8 Å². The number of amides is 1. The summed E-state index contributed by atoms with van der Waals surface area (Å²) in [6.07, 6.45) is 13.5. The van der Waals surface area contributed by atoms with Crippen molar-refractivity contribution in [2.24, 2.45) is 35.5 Å². The van der Waals surface area contributed by atoms with Gasteiger partial charge in [-0.15, -0.1) is 0 Å². The molecule has 3 aliphatic rings. The molecule has 0 spiro atoms. The monoisotopic (exact) mass is 930 g/mol. The lowest BCUT2D eigenvalue weighted by Gasteiger charge is -2.37. The van der Waals surface area contributed by atoms with Gasteiger partial charge in [-0.1, -0.05) is 71.1 Å². The highest BCUT2D eigenvalue weighted by atomic mass is 16.6. The third-order valence-electron chi connectivity index (χ3n) is 14.1. The third-order valence-corrected chi connectivity index (χ3v) is 14.1. The minimum absolute atomic E-state index is 0.0398. The van der Waals surface area contributed by atoms with Gasteiger partial charge in [-0.2, -0.15) is 0 Å². The zero-order valence-corrected chi connectivity index (χ0v) is 41.7. The predicted octanol–water partition coefficient (Wildman–Crippen LogP) is 6.82. The van der Waals surface area contributed by atoms with Crippen molar-refractivity contribution in [2.45, 2.75) is 187 Å². The number of aliphatic hydroxyl groups is 3. The normalized spacial score (nSPS) is 28.3. The second kappa shape index (κ2) is 28.2. The van der Waals surface area contributed by atoms with Crippen LogP contribution >= 0.6 is 0 Å². The molecule has 14 heteroatoms.